The van der Waals surface area contributed by atoms with Crippen LogP contribution in [0.25, 0.3) is 11.4 Å². The van der Waals surface area contributed by atoms with Gasteiger partial charge in [-0.25, -0.2) is 12.7 Å². The van der Waals surface area contributed by atoms with Crippen LogP contribution < -0.4 is 9.04 Å². The SMILES string of the molecule is CCN(CC)CCCS(=O)(=O)N(CCc1ccccc1)c1n[nH]c(-c2ccc(OC)cc2)n1. The van der Waals surface area contributed by atoms with Crippen molar-refractivity contribution in [3.05, 3.63) is 60.2 Å². The number of ether oxygens (including phenoxy) is 1. The molecule has 0 saturated carbocycles. The van der Waals surface area contributed by atoms with Crippen molar-refractivity contribution in [2.45, 2.75) is 26.7 Å². The molecule has 8 nitrogen and oxygen atoms in total. The van der Waals surface area contributed by atoms with E-state index in [1.54, 1.807) is 7.11 Å². The highest BCUT2D eigenvalue weighted by Crippen LogP contribution is 2.22. The average molecular weight is 472 g/mol. The monoisotopic (exact) mass is 471 g/mol. The van der Waals surface area contributed by atoms with Gasteiger partial charge in [-0.15, -0.1) is 5.10 Å². The fraction of sp³-hybridized carbons (Fsp3) is 0.417. The molecule has 0 aliphatic heterocycles. The van der Waals surface area contributed by atoms with Crippen LogP contribution in [0, 0.1) is 0 Å². The number of nitrogens with one attached hydrogen (secondary N) is 1. The maximum absolute atomic E-state index is 13.3. The van der Waals surface area contributed by atoms with Crippen LogP contribution >= 0.6 is 0 Å². The molecule has 3 rings (SSSR count). The summed E-state index contributed by atoms with van der Waals surface area (Å²) >= 11 is 0. The number of H-pyrrole nitrogens is 1. The zero-order chi connectivity index (χ0) is 23.7. The molecule has 0 unspecified atom stereocenters. The van der Waals surface area contributed by atoms with Gasteiger partial charge in [0.15, 0.2) is 5.82 Å². The topological polar surface area (TPSA) is 91.4 Å². The predicted molar refractivity (Wildman–Crippen MR) is 132 cm³/mol. The fourth-order valence-corrected chi connectivity index (χ4v) is 5.02. The quantitative estimate of drug-likeness (QED) is 0.410. The van der Waals surface area contributed by atoms with Crippen LogP contribution in [0.5, 0.6) is 5.75 Å². The second-order valence-corrected chi connectivity index (χ2v) is 9.73. The normalized spacial score (nSPS) is 11.6. The number of anilines is 1. The molecular weight excluding hydrogens is 438 g/mol. The minimum Gasteiger partial charge on any atom is -0.497 e. The molecule has 0 saturated heterocycles. The highest BCUT2D eigenvalue weighted by atomic mass is 32.2. The van der Waals surface area contributed by atoms with Crippen molar-refractivity contribution in [2.24, 2.45) is 0 Å². The number of benzene rings is 2. The third-order valence-electron chi connectivity index (χ3n) is 5.61. The summed E-state index contributed by atoms with van der Waals surface area (Å²) in [5, 5.41) is 7.15. The van der Waals surface area contributed by atoms with Crippen LogP contribution in [-0.4, -0.2) is 67.5 Å². The molecule has 0 aliphatic carbocycles. The second-order valence-electron chi connectivity index (χ2n) is 7.72. The number of methoxy groups -OCH3 is 1. The van der Waals surface area contributed by atoms with Crippen LogP contribution in [-0.2, 0) is 16.4 Å². The van der Waals surface area contributed by atoms with E-state index in [-0.39, 0.29) is 18.2 Å². The van der Waals surface area contributed by atoms with Crippen molar-refractivity contribution in [1.82, 2.24) is 20.1 Å². The van der Waals surface area contributed by atoms with Crippen molar-refractivity contribution < 1.29 is 13.2 Å². The molecule has 1 aromatic heterocycles. The van der Waals surface area contributed by atoms with E-state index in [0.717, 1.165) is 36.5 Å². The largest absolute Gasteiger partial charge is 0.497 e. The van der Waals surface area contributed by atoms with Gasteiger partial charge in [0.2, 0.25) is 10.0 Å². The summed E-state index contributed by atoms with van der Waals surface area (Å²) in [5.74, 6) is 1.46. The van der Waals surface area contributed by atoms with Gasteiger partial charge in [0.25, 0.3) is 5.95 Å². The van der Waals surface area contributed by atoms with Crippen molar-refractivity contribution in [2.75, 3.05) is 43.3 Å². The first-order valence-electron chi connectivity index (χ1n) is 11.3. The predicted octanol–water partition coefficient (Wildman–Crippen LogP) is 3.59. The van der Waals surface area contributed by atoms with Gasteiger partial charge >= 0.3 is 0 Å². The Morgan fingerprint density at radius 1 is 0.970 bits per heavy atom. The second kappa shape index (κ2) is 11.8. The van der Waals surface area contributed by atoms with E-state index in [2.05, 4.69) is 33.9 Å². The lowest BCUT2D eigenvalue weighted by Gasteiger charge is -2.22. The number of sulfonamides is 1. The summed E-state index contributed by atoms with van der Waals surface area (Å²) in [7, 11) is -1.99. The summed E-state index contributed by atoms with van der Waals surface area (Å²) in [6.45, 7) is 6.99. The standard InChI is InChI=1S/C24H33N5O3S/c1-4-28(5-2)17-9-19-33(30,31)29(18-16-20-10-7-6-8-11-20)24-25-23(26-27-24)21-12-14-22(32-3)15-13-21/h6-8,10-15H,4-5,9,16-19H2,1-3H3,(H,25,26,27). The molecule has 0 bridgehead atoms. The van der Waals surface area contributed by atoms with E-state index in [9.17, 15) is 8.42 Å². The first-order valence-corrected chi connectivity index (χ1v) is 12.9. The Hall–Kier alpha value is -2.91. The third kappa shape index (κ3) is 6.79. The summed E-state index contributed by atoms with van der Waals surface area (Å²) in [6, 6.07) is 17.2. The van der Waals surface area contributed by atoms with Gasteiger partial charge in [0, 0.05) is 12.1 Å². The number of aromatic amines is 1. The molecule has 0 aliphatic rings. The summed E-state index contributed by atoms with van der Waals surface area (Å²) < 4.78 is 33.2. The smallest absolute Gasteiger partial charge is 0.258 e. The fourth-order valence-electron chi connectivity index (χ4n) is 3.60. The Balaban J connectivity index is 1.81. The Kier molecular flexibility index (Phi) is 8.85. The Morgan fingerprint density at radius 2 is 1.67 bits per heavy atom. The van der Waals surface area contributed by atoms with Gasteiger partial charge in [-0.3, -0.25) is 5.10 Å². The molecule has 1 N–H and O–H groups in total. The summed E-state index contributed by atoms with van der Waals surface area (Å²) in [6.07, 6.45) is 1.13. The van der Waals surface area contributed by atoms with Crippen molar-refractivity contribution in [3.8, 4) is 17.1 Å². The minimum absolute atomic E-state index is 0.0463. The molecule has 9 heteroatoms. The molecule has 0 atom stereocenters. The Morgan fingerprint density at radius 3 is 2.30 bits per heavy atom. The maximum Gasteiger partial charge on any atom is 0.258 e. The van der Waals surface area contributed by atoms with Crippen LogP contribution in [0.15, 0.2) is 54.6 Å². The average Bonchev–Trinajstić information content (AvgIpc) is 3.32. The molecule has 2 aromatic carbocycles. The van der Waals surface area contributed by atoms with Crippen LogP contribution in [0.4, 0.5) is 5.95 Å². The van der Waals surface area contributed by atoms with Gasteiger partial charge in [-0.05, 0) is 62.3 Å². The van der Waals surface area contributed by atoms with Crippen LogP contribution in [0.3, 0.4) is 0 Å². The lowest BCUT2D eigenvalue weighted by atomic mass is 10.1. The zero-order valence-corrected chi connectivity index (χ0v) is 20.4. The lowest BCUT2D eigenvalue weighted by molar-refractivity contribution is 0.305. The van der Waals surface area contributed by atoms with Gasteiger partial charge in [0.1, 0.15) is 5.75 Å². The van der Waals surface area contributed by atoms with Gasteiger partial charge in [-0.2, -0.15) is 4.98 Å². The number of hydrogen-bond acceptors (Lipinski definition) is 6. The minimum atomic E-state index is -3.60. The molecule has 0 spiro atoms. The molecule has 3 aromatic rings. The number of nitrogens with zero attached hydrogens (tertiary/aromatic N) is 4. The van der Waals surface area contributed by atoms with Crippen molar-refractivity contribution >= 4 is 16.0 Å². The number of rotatable bonds is 13. The molecule has 33 heavy (non-hydrogen) atoms. The van der Waals surface area contributed by atoms with Crippen molar-refractivity contribution in [1.29, 1.82) is 0 Å². The molecule has 178 valence electrons. The number of aromatic nitrogens is 3. The van der Waals surface area contributed by atoms with Crippen LogP contribution in [0.2, 0.25) is 0 Å². The van der Waals surface area contributed by atoms with E-state index in [1.807, 2.05) is 54.6 Å². The van der Waals surface area contributed by atoms with Gasteiger partial charge < -0.3 is 9.64 Å². The highest BCUT2D eigenvalue weighted by molar-refractivity contribution is 7.92. The van der Waals surface area contributed by atoms with E-state index in [0.29, 0.717) is 18.7 Å². The Labute approximate surface area is 196 Å². The number of hydrogen-bond donors (Lipinski definition) is 1. The van der Waals surface area contributed by atoms with E-state index in [1.165, 1.54) is 4.31 Å². The van der Waals surface area contributed by atoms with Gasteiger partial charge in [-0.1, -0.05) is 44.2 Å². The molecular formula is C24H33N5O3S. The molecule has 0 fully saturated rings. The molecule has 1 heterocycles. The van der Waals surface area contributed by atoms with Gasteiger partial charge in [0.05, 0.1) is 12.9 Å². The highest BCUT2D eigenvalue weighted by Gasteiger charge is 2.26. The lowest BCUT2D eigenvalue weighted by Crippen LogP contribution is -2.37. The summed E-state index contributed by atoms with van der Waals surface area (Å²) in [4.78, 5) is 6.74. The molecule has 0 amide bonds. The third-order valence-corrected chi connectivity index (χ3v) is 7.44. The first-order chi connectivity index (χ1) is 16.0. The zero-order valence-electron chi connectivity index (χ0n) is 19.6. The van der Waals surface area contributed by atoms with E-state index >= 15 is 0 Å². The first kappa shape index (κ1) is 24.7. The van der Waals surface area contributed by atoms with Crippen molar-refractivity contribution in [3.63, 3.8) is 0 Å². The van der Waals surface area contributed by atoms with E-state index in [4.69, 9.17) is 4.74 Å². The Bertz CT molecular complexity index is 1080. The molecule has 0 radical (unpaired) electrons. The maximum atomic E-state index is 13.3. The summed E-state index contributed by atoms with van der Waals surface area (Å²) in [5.41, 5.74) is 1.86. The van der Waals surface area contributed by atoms with Crippen LogP contribution in [0.1, 0.15) is 25.8 Å². The van der Waals surface area contributed by atoms with E-state index < -0.39 is 10.0 Å².